The summed E-state index contributed by atoms with van der Waals surface area (Å²) in [6, 6.07) is 1.65. The zero-order valence-corrected chi connectivity index (χ0v) is 11.3. The number of nitrogens with zero attached hydrogens (tertiary/aromatic N) is 3. The van der Waals surface area contributed by atoms with Crippen LogP contribution < -0.4 is 5.32 Å². The number of nitrogens with one attached hydrogen (secondary N) is 1. The van der Waals surface area contributed by atoms with Gasteiger partial charge in [-0.3, -0.25) is 9.78 Å². The predicted molar refractivity (Wildman–Crippen MR) is 73.0 cm³/mol. The molecule has 2 aromatic rings. The number of halogens is 1. The van der Waals surface area contributed by atoms with Crippen molar-refractivity contribution >= 4 is 17.5 Å². The minimum absolute atomic E-state index is 0.0423. The molecule has 0 saturated heterocycles. The Bertz CT molecular complexity index is 541. The van der Waals surface area contributed by atoms with E-state index in [0.717, 1.165) is 6.42 Å². The minimum atomic E-state index is -0.165. The topological polar surface area (TPSA) is 59.8 Å². The molecular weight excluding hydrogens is 264 g/mol. The molecule has 0 aromatic carbocycles. The fourth-order valence-electron chi connectivity index (χ4n) is 1.73. The first-order valence-corrected chi connectivity index (χ1v) is 6.44. The van der Waals surface area contributed by atoms with E-state index in [1.54, 1.807) is 18.6 Å². The lowest BCUT2D eigenvalue weighted by Crippen LogP contribution is -2.37. The minimum Gasteiger partial charge on any atom is -0.347 e. The number of pyridine rings is 1. The van der Waals surface area contributed by atoms with Gasteiger partial charge in [0.2, 0.25) is 0 Å². The maximum atomic E-state index is 12.1. The highest BCUT2D eigenvalue weighted by Gasteiger charge is 2.13. The van der Waals surface area contributed by atoms with Gasteiger partial charge in [-0.25, -0.2) is 4.98 Å². The van der Waals surface area contributed by atoms with Crippen LogP contribution in [-0.4, -0.2) is 26.5 Å². The van der Waals surface area contributed by atoms with Crippen LogP contribution in [0.25, 0.3) is 0 Å². The van der Waals surface area contributed by atoms with Crippen LogP contribution in [0.1, 0.15) is 23.7 Å². The first-order valence-electron chi connectivity index (χ1n) is 6.06. The van der Waals surface area contributed by atoms with Crippen LogP contribution in [0.15, 0.2) is 37.2 Å². The van der Waals surface area contributed by atoms with E-state index in [1.807, 2.05) is 17.7 Å². The zero-order valence-electron chi connectivity index (χ0n) is 10.6. The van der Waals surface area contributed by atoms with Crippen LogP contribution in [0.4, 0.5) is 0 Å². The molecule has 100 valence electrons. The molecule has 0 aliphatic carbocycles. The Kier molecular flexibility index (Phi) is 4.52. The largest absolute Gasteiger partial charge is 0.347 e. The van der Waals surface area contributed by atoms with Gasteiger partial charge in [0.1, 0.15) is 0 Å². The third-order valence-electron chi connectivity index (χ3n) is 2.79. The average Bonchev–Trinajstić information content (AvgIpc) is 2.90. The number of imidazole rings is 1. The summed E-state index contributed by atoms with van der Waals surface area (Å²) in [4.78, 5) is 19.9. The molecule has 1 atom stereocenters. The smallest absolute Gasteiger partial charge is 0.253 e. The normalized spacial score (nSPS) is 12.1. The van der Waals surface area contributed by atoms with E-state index < -0.39 is 0 Å². The lowest BCUT2D eigenvalue weighted by atomic mass is 10.2. The molecule has 1 unspecified atom stereocenters. The zero-order chi connectivity index (χ0) is 13.7. The SMILES string of the molecule is CCC(Cn1ccnc1)NC(=O)c1cncc(Cl)c1. The van der Waals surface area contributed by atoms with Gasteiger partial charge >= 0.3 is 0 Å². The molecule has 0 saturated carbocycles. The maximum absolute atomic E-state index is 12.1. The fourth-order valence-corrected chi connectivity index (χ4v) is 1.90. The number of carbonyl (C=O) groups is 1. The quantitative estimate of drug-likeness (QED) is 0.911. The molecular formula is C13H15ClN4O. The van der Waals surface area contributed by atoms with Crippen LogP contribution in [0, 0.1) is 0 Å². The Labute approximate surface area is 116 Å². The van der Waals surface area contributed by atoms with Crippen LogP contribution in [0.2, 0.25) is 5.02 Å². The average molecular weight is 279 g/mol. The van der Waals surface area contributed by atoms with Crippen molar-refractivity contribution < 1.29 is 4.79 Å². The number of amides is 1. The van der Waals surface area contributed by atoms with Crippen molar-refractivity contribution in [2.75, 3.05) is 0 Å². The molecule has 6 heteroatoms. The van der Waals surface area contributed by atoms with E-state index in [2.05, 4.69) is 15.3 Å². The first kappa shape index (κ1) is 13.5. The molecule has 0 aliphatic heterocycles. The van der Waals surface area contributed by atoms with Crippen LogP contribution in [0.3, 0.4) is 0 Å². The number of carbonyl (C=O) groups excluding carboxylic acids is 1. The number of hydrogen-bond acceptors (Lipinski definition) is 3. The highest BCUT2D eigenvalue weighted by atomic mass is 35.5. The van der Waals surface area contributed by atoms with E-state index in [0.29, 0.717) is 17.1 Å². The second-order valence-corrected chi connectivity index (χ2v) is 4.67. The molecule has 2 aromatic heterocycles. The Balaban J connectivity index is 2.00. The number of rotatable bonds is 5. The summed E-state index contributed by atoms with van der Waals surface area (Å²) in [5.74, 6) is -0.165. The van der Waals surface area contributed by atoms with Crippen LogP contribution in [0.5, 0.6) is 0 Å². The van der Waals surface area contributed by atoms with E-state index in [9.17, 15) is 4.79 Å². The molecule has 0 spiro atoms. The first-order chi connectivity index (χ1) is 9.19. The Morgan fingerprint density at radius 2 is 2.32 bits per heavy atom. The van der Waals surface area contributed by atoms with Crippen molar-refractivity contribution in [3.05, 3.63) is 47.8 Å². The van der Waals surface area contributed by atoms with Crippen molar-refractivity contribution in [2.45, 2.75) is 25.9 Å². The van der Waals surface area contributed by atoms with Crippen molar-refractivity contribution in [1.29, 1.82) is 0 Å². The van der Waals surface area contributed by atoms with Crippen LogP contribution >= 0.6 is 11.6 Å². The van der Waals surface area contributed by atoms with Crippen molar-refractivity contribution in [1.82, 2.24) is 19.9 Å². The third-order valence-corrected chi connectivity index (χ3v) is 2.99. The van der Waals surface area contributed by atoms with Gasteiger partial charge in [-0.05, 0) is 12.5 Å². The van der Waals surface area contributed by atoms with E-state index in [-0.39, 0.29) is 11.9 Å². The molecule has 5 nitrogen and oxygen atoms in total. The summed E-state index contributed by atoms with van der Waals surface area (Å²) in [5.41, 5.74) is 0.469. The summed E-state index contributed by atoms with van der Waals surface area (Å²) in [6.45, 7) is 2.72. The van der Waals surface area contributed by atoms with E-state index in [4.69, 9.17) is 11.6 Å². The molecule has 0 fully saturated rings. The van der Waals surface area contributed by atoms with Crippen molar-refractivity contribution in [2.24, 2.45) is 0 Å². The highest BCUT2D eigenvalue weighted by molar-refractivity contribution is 6.30. The summed E-state index contributed by atoms with van der Waals surface area (Å²) in [7, 11) is 0. The molecule has 2 heterocycles. The van der Waals surface area contributed by atoms with Gasteiger partial charge in [0, 0.05) is 37.4 Å². The van der Waals surface area contributed by atoms with Crippen LogP contribution in [-0.2, 0) is 6.54 Å². The Morgan fingerprint density at radius 1 is 1.47 bits per heavy atom. The monoisotopic (exact) mass is 278 g/mol. The van der Waals surface area contributed by atoms with Gasteiger partial charge < -0.3 is 9.88 Å². The maximum Gasteiger partial charge on any atom is 0.253 e. The summed E-state index contributed by atoms with van der Waals surface area (Å²) in [5, 5.41) is 3.42. The van der Waals surface area contributed by atoms with Gasteiger partial charge in [0.05, 0.1) is 16.9 Å². The molecule has 2 rings (SSSR count). The molecule has 19 heavy (non-hydrogen) atoms. The van der Waals surface area contributed by atoms with Gasteiger partial charge in [0.25, 0.3) is 5.91 Å². The summed E-state index contributed by atoms with van der Waals surface area (Å²) >= 11 is 5.82. The molecule has 1 amide bonds. The Hall–Kier alpha value is -1.88. The molecule has 0 aliphatic rings. The second-order valence-electron chi connectivity index (χ2n) is 4.23. The molecule has 1 N–H and O–H groups in total. The Morgan fingerprint density at radius 3 is 2.95 bits per heavy atom. The second kappa shape index (κ2) is 6.33. The molecule has 0 bridgehead atoms. The number of hydrogen-bond donors (Lipinski definition) is 1. The lowest BCUT2D eigenvalue weighted by Gasteiger charge is -2.17. The van der Waals surface area contributed by atoms with Crippen molar-refractivity contribution in [3.63, 3.8) is 0 Å². The fraction of sp³-hybridized carbons (Fsp3) is 0.308. The van der Waals surface area contributed by atoms with Gasteiger partial charge in [-0.2, -0.15) is 0 Å². The van der Waals surface area contributed by atoms with Gasteiger partial charge in [-0.15, -0.1) is 0 Å². The lowest BCUT2D eigenvalue weighted by molar-refractivity contribution is 0.0931. The highest BCUT2D eigenvalue weighted by Crippen LogP contribution is 2.09. The standard InChI is InChI=1S/C13H15ClN4O/c1-2-12(8-18-4-3-15-9-18)17-13(19)10-5-11(14)7-16-6-10/h3-7,9,12H,2,8H2,1H3,(H,17,19). The summed E-state index contributed by atoms with van der Waals surface area (Å²) in [6.07, 6.45) is 9.16. The van der Waals surface area contributed by atoms with Gasteiger partial charge in [-0.1, -0.05) is 18.5 Å². The summed E-state index contributed by atoms with van der Waals surface area (Å²) < 4.78 is 1.94. The number of aromatic nitrogens is 3. The van der Waals surface area contributed by atoms with Gasteiger partial charge in [0.15, 0.2) is 0 Å². The molecule has 0 radical (unpaired) electrons. The predicted octanol–water partition coefficient (Wildman–Crippen LogP) is 2.14. The van der Waals surface area contributed by atoms with E-state index >= 15 is 0 Å². The van der Waals surface area contributed by atoms with E-state index in [1.165, 1.54) is 12.4 Å². The van der Waals surface area contributed by atoms with Crippen molar-refractivity contribution in [3.8, 4) is 0 Å². The third kappa shape index (κ3) is 3.79.